The van der Waals surface area contributed by atoms with E-state index in [9.17, 15) is 0 Å². The van der Waals surface area contributed by atoms with Crippen molar-refractivity contribution in [1.29, 1.82) is 0 Å². The molecule has 0 heterocycles. The molecular weight excluding hydrogens is 144 g/mol. The molecule has 0 aromatic heterocycles. The second kappa shape index (κ2) is 2.75. The van der Waals surface area contributed by atoms with E-state index in [0.717, 1.165) is 11.3 Å². The summed E-state index contributed by atoms with van der Waals surface area (Å²) >= 11 is 0. The van der Waals surface area contributed by atoms with Crippen molar-refractivity contribution in [3.8, 4) is 0 Å². The Labute approximate surface area is 76.7 Å². The molecule has 4 atom stereocenters. The van der Waals surface area contributed by atoms with E-state index in [1.807, 2.05) is 13.8 Å². The molecule has 3 aliphatic rings. The molecule has 3 aliphatic carbocycles. The summed E-state index contributed by atoms with van der Waals surface area (Å²) in [7, 11) is 0. The first-order valence-electron chi connectivity index (χ1n) is 5.83. The van der Waals surface area contributed by atoms with Crippen LogP contribution in [0.2, 0.25) is 0 Å². The minimum Gasteiger partial charge on any atom is -0.0683 e. The van der Waals surface area contributed by atoms with Crippen molar-refractivity contribution < 1.29 is 0 Å². The van der Waals surface area contributed by atoms with Gasteiger partial charge in [0.15, 0.2) is 0 Å². The fourth-order valence-corrected chi connectivity index (χ4v) is 4.16. The van der Waals surface area contributed by atoms with Crippen molar-refractivity contribution in [3.05, 3.63) is 0 Å². The third kappa shape index (κ3) is 0.791. The van der Waals surface area contributed by atoms with Crippen LogP contribution in [0.4, 0.5) is 0 Å². The molecule has 0 amide bonds. The molecule has 3 saturated carbocycles. The van der Waals surface area contributed by atoms with E-state index in [-0.39, 0.29) is 0 Å². The first-order chi connectivity index (χ1) is 5.83. The summed E-state index contributed by atoms with van der Waals surface area (Å²) in [4.78, 5) is 0. The third-order valence-electron chi connectivity index (χ3n) is 4.72. The molecule has 0 aliphatic heterocycles. The maximum Gasteiger partial charge on any atom is -0.0236 e. The minimum absolute atomic E-state index is 0.944. The number of hydrogen-bond acceptors (Lipinski definition) is 0. The van der Waals surface area contributed by atoms with Gasteiger partial charge in [-0.15, -0.1) is 0 Å². The van der Waals surface area contributed by atoms with Gasteiger partial charge in [-0.2, -0.15) is 0 Å². The van der Waals surface area contributed by atoms with Crippen molar-refractivity contribution in [2.45, 2.75) is 52.9 Å². The van der Waals surface area contributed by atoms with Gasteiger partial charge in [0, 0.05) is 0 Å². The Hall–Kier alpha value is 0. The number of rotatable bonds is 0. The molecule has 0 saturated heterocycles. The quantitative estimate of drug-likeness (QED) is 0.512. The molecule has 3 fully saturated rings. The Kier molecular flexibility index (Phi) is 1.97. The Morgan fingerprint density at radius 3 is 2.25 bits per heavy atom. The van der Waals surface area contributed by atoms with E-state index in [0.29, 0.717) is 0 Å². The van der Waals surface area contributed by atoms with E-state index in [4.69, 9.17) is 0 Å². The van der Waals surface area contributed by atoms with Gasteiger partial charge < -0.3 is 0 Å². The molecule has 0 aromatic carbocycles. The first-order valence-corrected chi connectivity index (χ1v) is 5.83. The second-order valence-electron chi connectivity index (χ2n) is 4.83. The topological polar surface area (TPSA) is 0 Å². The van der Waals surface area contributed by atoms with E-state index in [1.165, 1.54) is 11.8 Å². The zero-order valence-corrected chi connectivity index (χ0v) is 8.77. The minimum atomic E-state index is 0.944. The van der Waals surface area contributed by atoms with Gasteiger partial charge >= 0.3 is 0 Å². The Morgan fingerprint density at radius 1 is 1.08 bits per heavy atom. The van der Waals surface area contributed by atoms with Crippen LogP contribution in [0.3, 0.4) is 0 Å². The van der Waals surface area contributed by atoms with Crippen LogP contribution in [-0.4, -0.2) is 0 Å². The molecule has 4 unspecified atom stereocenters. The smallest absolute Gasteiger partial charge is 0.0236 e. The molecule has 70 valence electrons. The average molecular weight is 166 g/mol. The molecule has 0 bridgehead atoms. The molecule has 0 N–H and O–H groups in total. The molecular formula is C12H22. The summed E-state index contributed by atoms with van der Waals surface area (Å²) in [6, 6.07) is 0. The summed E-state index contributed by atoms with van der Waals surface area (Å²) in [5.41, 5.74) is 0.944. The largest absolute Gasteiger partial charge is 0.0683 e. The van der Waals surface area contributed by atoms with Crippen LogP contribution < -0.4 is 0 Å². The van der Waals surface area contributed by atoms with Crippen LogP contribution in [0, 0.1) is 23.2 Å². The average Bonchev–Trinajstić information content (AvgIpc) is 2.26. The molecule has 0 nitrogen and oxygen atoms in total. The Morgan fingerprint density at radius 2 is 1.83 bits per heavy atom. The molecule has 0 radical (unpaired) electrons. The molecule has 12 heavy (non-hydrogen) atoms. The maximum atomic E-state index is 2.45. The van der Waals surface area contributed by atoms with E-state index in [2.05, 4.69) is 6.92 Å². The van der Waals surface area contributed by atoms with Crippen LogP contribution >= 0.6 is 0 Å². The second-order valence-corrected chi connectivity index (χ2v) is 4.83. The van der Waals surface area contributed by atoms with Gasteiger partial charge in [0.1, 0.15) is 0 Å². The van der Waals surface area contributed by atoms with Crippen molar-refractivity contribution in [1.82, 2.24) is 0 Å². The van der Waals surface area contributed by atoms with Crippen LogP contribution in [0.25, 0.3) is 0 Å². The van der Waals surface area contributed by atoms with E-state index < -0.39 is 0 Å². The predicted molar refractivity (Wildman–Crippen MR) is 53.0 cm³/mol. The van der Waals surface area contributed by atoms with Crippen LogP contribution in [0.15, 0.2) is 0 Å². The molecule has 3 rings (SSSR count). The van der Waals surface area contributed by atoms with Crippen molar-refractivity contribution in [3.63, 3.8) is 0 Å². The summed E-state index contributed by atoms with van der Waals surface area (Å²) in [5.74, 6) is 3.45. The lowest BCUT2D eigenvalue weighted by atomic mass is 9.45. The van der Waals surface area contributed by atoms with Gasteiger partial charge in [-0.3, -0.25) is 0 Å². The fourth-order valence-electron chi connectivity index (χ4n) is 4.16. The summed E-state index contributed by atoms with van der Waals surface area (Å²) < 4.78 is 0. The first kappa shape index (κ1) is 8.59. The van der Waals surface area contributed by atoms with Gasteiger partial charge in [-0.25, -0.2) is 0 Å². The van der Waals surface area contributed by atoms with Gasteiger partial charge in [-0.1, -0.05) is 20.8 Å². The normalized spacial score (nSPS) is 53.8. The summed E-state index contributed by atoms with van der Waals surface area (Å²) in [6.07, 6.45) is 7.90. The summed E-state index contributed by atoms with van der Waals surface area (Å²) in [5, 5.41) is 0. The van der Waals surface area contributed by atoms with Gasteiger partial charge in [-0.05, 0) is 55.3 Å². The van der Waals surface area contributed by atoms with Crippen molar-refractivity contribution in [2.75, 3.05) is 0 Å². The van der Waals surface area contributed by atoms with Crippen LogP contribution in [0.1, 0.15) is 52.9 Å². The van der Waals surface area contributed by atoms with Gasteiger partial charge in [0.25, 0.3) is 0 Å². The highest BCUT2D eigenvalue weighted by atomic mass is 14.7. The van der Waals surface area contributed by atoms with Crippen molar-refractivity contribution >= 4 is 0 Å². The summed E-state index contributed by atoms with van der Waals surface area (Å²) in [6.45, 7) is 6.45. The molecule has 1 spiro atoms. The molecule has 0 aromatic rings. The Bertz CT molecular complexity index is 173. The lowest BCUT2D eigenvalue weighted by Crippen LogP contribution is -2.52. The molecule has 0 heteroatoms. The fraction of sp³-hybridized carbons (Fsp3) is 1.00. The highest BCUT2D eigenvalue weighted by Gasteiger charge is 2.63. The zero-order chi connectivity index (χ0) is 8.77. The lowest BCUT2D eigenvalue weighted by molar-refractivity contribution is -0.106. The standard InChI is InChI=1S/C10H16.C2H6/c1-7-6-10-5-4-8(10)2-3-9(7)10;1-2/h7-9H,2-6H2,1H3;1-2H3. The Balaban J connectivity index is 0.000000264. The number of hydrogen-bond donors (Lipinski definition) is 0. The highest BCUT2D eigenvalue weighted by molar-refractivity contribution is 5.12. The van der Waals surface area contributed by atoms with E-state index >= 15 is 0 Å². The van der Waals surface area contributed by atoms with Crippen molar-refractivity contribution in [2.24, 2.45) is 23.2 Å². The SMILES string of the molecule is CC.CC1CC23CCC2CCC13. The lowest BCUT2D eigenvalue weighted by Gasteiger charge is -2.60. The van der Waals surface area contributed by atoms with Crippen LogP contribution in [-0.2, 0) is 0 Å². The van der Waals surface area contributed by atoms with E-state index in [1.54, 1.807) is 32.1 Å². The predicted octanol–water partition coefficient (Wildman–Crippen LogP) is 3.86. The van der Waals surface area contributed by atoms with Crippen LogP contribution in [0.5, 0.6) is 0 Å². The zero-order valence-electron chi connectivity index (χ0n) is 8.77. The maximum absolute atomic E-state index is 2.45. The van der Waals surface area contributed by atoms with Gasteiger partial charge in [0.05, 0.1) is 0 Å². The monoisotopic (exact) mass is 166 g/mol. The highest BCUT2D eigenvalue weighted by Crippen LogP contribution is 2.72. The third-order valence-corrected chi connectivity index (χ3v) is 4.72. The van der Waals surface area contributed by atoms with Gasteiger partial charge in [0.2, 0.25) is 0 Å².